The lowest BCUT2D eigenvalue weighted by molar-refractivity contribution is -0.260. The van der Waals surface area contributed by atoms with Gasteiger partial charge in [0.25, 0.3) is 11.8 Å². The van der Waals surface area contributed by atoms with Crippen molar-refractivity contribution in [3.8, 4) is 5.75 Å². The fourth-order valence-corrected chi connectivity index (χ4v) is 4.86. The summed E-state index contributed by atoms with van der Waals surface area (Å²) < 4.78 is 25.7. The van der Waals surface area contributed by atoms with Crippen molar-refractivity contribution in [1.82, 2.24) is 15.1 Å². The Morgan fingerprint density at radius 1 is 1.14 bits per heavy atom. The van der Waals surface area contributed by atoms with Crippen molar-refractivity contribution in [2.75, 3.05) is 26.3 Å². The monoisotopic (exact) mass is 499 g/mol. The number of carbonyl (C=O) groups is 3. The van der Waals surface area contributed by atoms with E-state index < -0.39 is 35.5 Å². The number of piperidine rings is 1. The van der Waals surface area contributed by atoms with Crippen molar-refractivity contribution in [3.63, 3.8) is 0 Å². The highest BCUT2D eigenvalue weighted by molar-refractivity contribution is 6.06. The molecule has 2 aromatic rings. The zero-order valence-electron chi connectivity index (χ0n) is 19.4. The first-order chi connectivity index (χ1) is 17.3. The quantitative estimate of drug-likeness (QED) is 0.389. The molecular formula is C25H26FN3O7. The molecule has 1 unspecified atom stereocenters. The highest BCUT2D eigenvalue weighted by Gasteiger charge is 2.55. The lowest BCUT2D eigenvalue weighted by atomic mass is 10.0. The zero-order chi connectivity index (χ0) is 25.4. The Kier molecular flexibility index (Phi) is 6.47. The van der Waals surface area contributed by atoms with Gasteiger partial charge in [0, 0.05) is 31.6 Å². The lowest BCUT2D eigenvalue weighted by Gasteiger charge is -2.36. The maximum atomic E-state index is 14.6. The molecule has 0 saturated carbocycles. The van der Waals surface area contributed by atoms with Crippen LogP contribution in [0.2, 0.25) is 0 Å². The average Bonchev–Trinajstić information content (AvgIpc) is 3.06. The third-order valence-corrected chi connectivity index (χ3v) is 6.67. The van der Waals surface area contributed by atoms with Gasteiger partial charge in [-0.25, -0.2) is 4.39 Å². The fraction of sp³-hybridized carbons (Fsp3) is 0.400. The molecule has 3 aliphatic heterocycles. The summed E-state index contributed by atoms with van der Waals surface area (Å²) in [7, 11) is 0. The summed E-state index contributed by atoms with van der Waals surface area (Å²) in [5, 5.41) is 24.1. The first-order valence-electron chi connectivity index (χ1n) is 11.7. The molecule has 36 heavy (non-hydrogen) atoms. The topological polar surface area (TPSA) is 129 Å². The standard InChI is InChI=1S/C25H26FN3O7/c26-18-5-4-15(13-28-8-10-35-11-9-28)12-16(18)14-36-20-3-1-2-17-22(20)25(33,34)29(24(17)32)19-6-7-21(30)27-23(19)31/h1-5,12,19,33-34H,6-11,13-14H2,(H,27,30,31). The van der Waals surface area contributed by atoms with Crippen LogP contribution in [0.1, 0.15) is 39.9 Å². The maximum absolute atomic E-state index is 14.6. The highest BCUT2D eigenvalue weighted by Crippen LogP contribution is 2.43. The van der Waals surface area contributed by atoms with Crippen molar-refractivity contribution in [2.45, 2.75) is 37.9 Å². The Labute approximate surface area is 206 Å². The molecule has 0 aromatic heterocycles. The van der Waals surface area contributed by atoms with Gasteiger partial charge in [-0.15, -0.1) is 0 Å². The summed E-state index contributed by atoms with van der Waals surface area (Å²) in [5.41, 5.74) is 0.882. The molecule has 2 aromatic carbocycles. The minimum Gasteiger partial charge on any atom is -0.488 e. The van der Waals surface area contributed by atoms with Crippen LogP contribution in [0.25, 0.3) is 0 Å². The van der Waals surface area contributed by atoms with E-state index in [2.05, 4.69) is 10.2 Å². The number of rotatable bonds is 6. The SMILES string of the molecule is O=C1CCC(N2C(=O)c3cccc(OCc4cc(CN5CCOCC5)ccc4F)c3C2(O)O)C(=O)N1. The van der Waals surface area contributed by atoms with Gasteiger partial charge in [0.2, 0.25) is 11.8 Å². The third kappa shape index (κ3) is 4.46. The van der Waals surface area contributed by atoms with Crippen molar-refractivity contribution < 1.29 is 38.5 Å². The molecule has 3 amide bonds. The largest absolute Gasteiger partial charge is 0.488 e. The molecule has 2 saturated heterocycles. The molecule has 11 heteroatoms. The Hall–Kier alpha value is -3.38. The molecule has 0 aliphatic carbocycles. The molecule has 190 valence electrons. The van der Waals surface area contributed by atoms with Crippen molar-refractivity contribution in [1.29, 1.82) is 0 Å². The van der Waals surface area contributed by atoms with E-state index in [0.717, 1.165) is 18.7 Å². The van der Waals surface area contributed by atoms with Gasteiger partial charge in [0.15, 0.2) is 0 Å². The van der Waals surface area contributed by atoms with Crippen LogP contribution in [0.5, 0.6) is 5.75 Å². The molecule has 3 aliphatic rings. The Bertz CT molecular complexity index is 1210. The number of benzene rings is 2. The van der Waals surface area contributed by atoms with E-state index in [-0.39, 0.29) is 41.9 Å². The number of fused-ring (bicyclic) bond motifs is 1. The van der Waals surface area contributed by atoms with Crippen LogP contribution in [0.3, 0.4) is 0 Å². The number of imide groups is 1. The molecule has 0 bridgehead atoms. The predicted octanol–water partition coefficient (Wildman–Crippen LogP) is 0.593. The summed E-state index contributed by atoms with van der Waals surface area (Å²) >= 11 is 0. The second kappa shape index (κ2) is 9.58. The highest BCUT2D eigenvalue weighted by atomic mass is 19.1. The minimum atomic E-state index is -2.86. The van der Waals surface area contributed by atoms with E-state index in [4.69, 9.17) is 9.47 Å². The number of hydrogen-bond donors (Lipinski definition) is 3. The van der Waals surface area contributed by atoms with Crippen LogP contribution in [0.4, 0.5) is 4.39 Å². The van der Waals surface area contributed by atoms with Crippen LogP contribution in [0, 0.1) is 5.82 Å². The summed E-state index contributed by atoms with van der Waals surface area (Å²) in [6.45, 7) is 3.27. The van der Waals surface area contributed by atoms with E-state index in [0.29, 0.717) is 24.7 Å². The Morgan fingerprint density at radius 2 is 1.92 bits per heavy atom. The summed E-state index contributed by atoms with van der Waals surface area (Å²) in [6.07, 6.45) is -0.0966. The van der Waals surface area contributed by atoms with E-state index in [9.17, 15) is 29.0 Å². The summed E-state index contributed by atoms with van der Waals surface area (Å²) in [4.78, 5) is 39.8. The van der Waals surface area contributed by atoms with Gasteiger partial charge >= 0.3 is 0 Å². The van der Waals surface area contributed by atoms with Crippen molar-refractivity contribution in [3.05, 3.63) is 64.5 Å². The molecular weight excluding hydrogens is 473 g/mol. The van der Waals surface area contributed by atoms with E-state index in [1.807, 2.05) is 0 Å². The van der Waals surface area contributed by atoms with E-state index in [1.165, 1.54) is 24.3 Å². The number of morpholine rings is 1. The van der Waals surface area contributed by atoms with Crippen LogP contribution >= 0.6 is 0 Å². The Balaban J connectivity index is 1.37. The minimum absolute atomic E-state index is 0.0290. The van der Waals surface area contributed by atoms with Crippen LogP contribution < -0.4 is 10.1 Å². The van der Waals surface area contributed by atoms with Crippen LogP contribution in [-0.4, -0.2) is 70.1 Å². The smallest absolute Gasteiger partial charge is 0.282 e. The number of ether oxygens (including phenoxy) is 2. The molecule has 3 heterocycles. The number of hydrogen-bond acceptors (Lipinski definition) is 8. The normalized spacial score (nSPS) is 21.9. The van der Waals surface area contributed by atoms with Crippen LogP contribution in [0.15, 0.2) is 36.4 Å². The van der Waals surface area contributed by atoms with Crippen LogP contribution in [-0.2, 0) is 33.4 Å². The number of halogens is 1. The second-order valence-electron chi connectivity index (χ2n) is 9.06. The first-order valence-corrected chi connectivity index (χ1v) is 11.7. The predicted molar refractivity (Wildman–Crippen MR) is 122 cm³/mol. The molecule has 0 spiro atoms. The Morgan fingerprint density at radius 3 is 2.67 bits per heavy atom. The van der Waals surface area contributed by atoms with Gasteiger partial charge in [-0.05, 0) is 36.2 Å². The number of carbonyl (C=O) groups excluding carboxylic acids is 3. The fourth-order valence-electron chi connectivity index (χ4n) is 4.86. The van der Waals surface area contributed by atoms with Gasteiger partial charge < -0.3 is 19.7 Å². The second-order valence-corrected chi connectivity index (χ2v) is 9.06. The van der Waals surface area contributed by atoms with Gasteiger partial charge in [-0.1, -0.05) is 12.1 Å². The molecule has 5 rings (SSSR count). The molecule has 0 radical (unpaired) electrons. The summed E-state index contributed by atoms with van der Waals surface area (Å²) in [5.74, 6) is -5.44. The number of nitrogens with zero attached hydrogens (tertiary/aromatic N) is 2. The van der Waals surface area contributed by atoms with E-state index >= 15 is 0 Å². The summed E-state index contributed by atoms with van der Waals surface area (Å²) in [6, 6.07) is 7.84. The van der Waals surface area contributed by atoms with Gasteiger partial charge in [-0.3, -0.25) is 29.5 Å². The van der Waals surface area contributed by atoms with E-state index in [1.54, 1.807) is 12.1 Å². The molecule has 3 N–H and O–H groups in total. The zero-order valence-corrected chi connectivity index (χ0v) is 19.4. The van der Waals surface area contributed by atoms with Gasteiger partial charge in [-0.2, -0.15) is 0 Å². The average molecular weight is 499 g/mol. The van der Waals surface area contributed by atoms with Gasteiger partial charge in [0.1, 0.15) is 24.2 Å². The molecule has 1 atom stereocenters. The third-order valence-electron chi connectivity index (χ3n) is 6.67. The molecule has 2 fully saturated rings. The number of amides is 3. The maximum Gasteiger partial charge on any atom is 0.282 e. The van der Waals surface area contributed by atoms with Gasteiger partial charge in [0.05, 0.1) is 24.3 Å². The number of nitrogens with one attached hydrogen (secondary N) is 1. The van der Waals surface area contributed by atoms with Crippen molar-refractivity contribution in [2.24, 2.45) is 0 Å². The number of aliphatic hydroxyl groups is 2. The van der Waals surface area contributed by atoms with Crippen molar-refractivity contribution >= 4 is 17.7 Å². The lowest BCUT2D eigenvalue weighted by Crippen LogP contribution is -2.58. The molecule has 10 nitrogen and oxygen atoms in total. The first kappa shape index (κ1) is 24.3.